The van der Waals surface area contributed by atoms with Gasteiger partial charge in [-0.25, -0.2) is 0 Å². The molecule has 0 bridgehead atoms. The molecular weight excluding hydrogens is 238 g/mol. The topological polar surface area (TPSA) is 55.7 Å². The Hall–Kier alpha value is -2.62. The molecule has 2 heterocycles. The van der Waals surface area contributed by atoms with Crippen molar-refractivity contribution in [3.8, 4) is 0 Å². The third-order valence-electron chi connectivity index (χ3n) is 2.85. The summed E-state index contributed by atoms with van der Waals surface area (Å²) in [6.45, 7) is 0. The molecule has 0 aliphatic heterocycles. The second-order valence-corrected chi connectivity index (χ2v) is 4.19. The fourth-order valence-corrected chi connectivity index (χ4v) is 1.92. The van der Waals surface area contributed by atoms with Gasteiger partial charge < -0.3 is 0 Å². The van der Waals surface area contributed by atoms with Crippen molar-refractivity contribution >= 4 is 16.8 Å². The van der Waals surface area contributed by atoms with Crippen LogP contribution in [-0.4, -0.2) is 20.7 Å². The van der Waals surface area contributed by atoms with Crippen LogP contribution in [-0.2, 0) is 6.42 Å². The maximum Gasteiger partial charge on any atom is 0.185 e. The Balaban J connectivity index is 1.87. The third-order valence-corrected chi connectivity index (χ3v) is 2.85. The van der Waals surface area contributed by atoms with Gasteiger partial charge in [0.05, 0.1) is 11.0 Å². The van der Waals surface area contributed by atoms with E-state index < -0.39 is 0 Å². The van der Waals surface area contributed by atoms with Crippen LogP contribution in [0.2, 0.25) is 0 Å². The Morgan fingerprint density at radius 1 is 0.895 bits per heavy atom. The van der Waals surface area contributed by atoms with E-state index in [4.69, 9.17) is 0 Å². The molecule has 0 amide bonds. The van der Waals surface area contributed by atoms with E-state index in [1.807, 2.05) is 24.3 Å². The maximum absolute atomic E-state index is 12.1. The minimum atomic E-state index is 0.00356. The highest BCUT2D eigenvalue weighted by Gasteiger charge is 2.08. The Morgan fingerprint density at radius 3 is 2.53 bits per heavy atom. The fourth-order valence-electron chi connectivity index (χ4n) is 1.92. The van der Waals surface area contributed by atoms with Crippen molar-refractivity contribution in [3.63, 3.8) is 0 Å². The summed E-state index contributed by atoms with van der Waals surface area (Å²) in [4.78, 5) is 24.5. The van der Waals surface area contributed by atoms with Crippen LogP contribution in [0.1, 0.15) is 16.1 Å². The number of aromatic nitrogens is 3. The largest absolute Gasteiger partial charge is 0.292 e. The smallest absolute Gasteiger partial charge is 0.185 e. The van der Waals surface area contributed by atoms with E-state index in [0.717, 1.165) is 16.6 Å². The molecule has 3 rings (SSSR count). The molecule has 0 aliphatic rings. The maximum atomic E-state index is 12.1. The SMILES string of the molecule is O=C(Cc1ccc2nccnc2c1)c1ccccn1. The molecule has 0 fully saturated rings. The highest BCUT2D eigenvalue weighted by molar-refractivity contribution is 5.96. The number of carbonyl (C=O) groups is 1. The molecule has 0 radical (unpaired) electrons. The summed E-state index contributed by atoms with van der Waals surface area (Å²) in [6, 6.07) is 11.0. The van der Waals surface area contributed by atoms with Gasteiger partial charge in [0, 0.05) is 25.0 Å². The van der Waals surface area contributed by atoms with Crippen LogP contribution in [0.15, 0.2) is 55.0 Å². The van der Waals surface area contributed by atoms with Gasteiger partial charge in [0.1, 0.15) is 5.69 Å². The predicted molar refractivity (Wildman–Crippen MR) is 71.8 cm³/mol. The summed E-state index contributed by atoms with van der Waals surface area (Å²) in [5.41, 5.74) is 3.04. The van der Waals surface area contributed by atoms with Gasteiger partial charge in [0.25, 0.3) is 0 Å². The molecule has 0 unspecified atom stereocenters. The summed E-state index contributed by atoms with van der Waals surface area (Å²) in [5, 5.41) is 0. The lowest BCUT2D eigenvalue weighted by Gasteiger charge is -2.02. The van der Waals surface area contributed by atoms with Crippen LogP contribution in [0.4, 0.5) is 0 Å². The molecule has 2 aromatic heterocycles. The van der Waals surface area contributed by atoms with Crippen molar-refractivity contribution < 1.29 is 4.79 Å². The number of rotatable bonds is 3. The molecular formula is C15H11N3O. The number of Topliss-reactive ketones (excluding diaryl/α,β-unsaturated/α-hetero) is 1. The lowest BCUT2D eigenvalue weighted by atomic mass is 10.1. The monoisotopic (exact) mass is 249 g/mol. The van der Waals surface area contributed by atoms with Gasteiger partial charge in [0.15, 0.2) is 5.78 Å². The van der Waals surface area contributed by atoms with E-state index >= 15 is 0 Å². The minimum Gasteiger partial charge on any atom is -0.292 e. The van der Waals surface area contributed by atoms with Gasteiger partial charge in [0.2, 0.25) is 0 Å². The van der Waals surface area contributed by atoms with Gasteiger partial charge in [-0.2, -0.15) is 0 Å². The molecule has 1 aromatic carbocycles. The average Bonchev–Trinajstić information content (AvgIpc) is 2.48. The fraction of sp³-hybridized carbons (Fsp3) is 0.0667. The molecule has 92 valence electrons. The van der Waals surface area contributed by atoms with E-state index in [1.54, 1.807) is 30.7 Å². The van der Waals surface area contributed by atoms with Crippen LogP contribution in [0.5, 0.6) is 0 Å². The van der Waals surface area contributed by atoms with E-state index in [1.165, 1.54) is 0 Å². The summed E-state index contributed by atoms with van der Waals surface area (Å²) < 4.78 is 0. The van der Waals surface area contributed by atoms with Crippen molar-refractivity contribution in [2.24, 2.45) is 0 Å². The molecule has 0 atom stereocenters. The van der Waals surface area contributed by atoms with E-state index in [9.17, 15) is 4.79 Å². The van der Waals surface area contributed by atoms with Crippen LogP contribution < -0.4 is 0 Å². The first-order valence-electron chi connectivity index (χ1n) is 5.97. The van der Waals surface area contributed by atoms with E-state index in [0.29, 0.717) is 12.1 Å². The number of nitrogens with zero attached hydrogens (tertiary/aromatic N) is 3. The first-order valence-corrected chi connectivity index (χ1v) is 5.97. The molecule has 4 heteroatoms. The third kappa shape index (κ3) is 2.47. The highest BCUT2D eigenvalue weighted by atomic mass is 16.1. The lowest BCUT2D eigenvalue weighted by Crippen LogP contribution is -2.05. The average molecular weight is 249 g/mol. The molecule has 3 aromatic rings. The normalized spacial score (nSPS) is 10.5. The molecule has 0 saturated carbocycles. The molecule has 0 spiro atoms. The van der Waals surface area contributed by atoms with Crippen LogP contribution in [0.3, 0.4) is 0 Å². The minimum absolute atomic E-state index is 0.00356. The number of fused-ring (bicyclic) bond motifs is 1. The van der Waals surface area contributed by atoms with Crippen LogP contribution >= 0.6 is 0 Å². The summed E-state index contributed by atoms with van der Waals surface area (Å²) in [7, 11) is 0. The van der Waals surface area contributed by atoms with Gasteiger partial charge in [-0.1, -0.05) is 12.1 Å². The molecule has 4 nitrogen and oxygen atoms in total. The van der Waals surface area contributed by atoms with Crippen molar-refractivity contribution in [2.75, 3.05) is 0 Å². The van der Waals surface area contributed by atoms with Gasteiger partial charge in [-0.15, -0.1) is 0 Å². The van der Waals surface area contributed by atoms with Gasteiger partial charge in [-0.05, 0) is 29.8 Å². The Bertz CT molecular complexity index is 726. The number of hydrogen-bond donors (Lipinski definition) is 0. The highest BCUT2D eigenvalue weighted by Crippen LogP contribution is 2.12. The quantitative estimate of drug-likeness (QED) is 0.669. The first kappa shape index (κ1) is 11.5. The second kappa shape index (κ2) is 4.94. The van der Waals surface area contributed by atoms with Gasteiger partial charge >= 0.3 is 0 Å². The van der Waals surface area contributed by atoms with Crippen LogP contribution in [0.25, 0.3) is 11.0 Å². The Kier molecular flexibility index (Phi) is 2.98. The van der Waals surface area contributed by atoms with Crippen LogP contribution in [0, 0.1) is 0 Å². The predicted octanol–water partition coefficient (Wildman–Crippen LogP) is 2.45. The molecule has 0 aliphatic carbocycles. The summed E-state index contributed by atoms with van der Waals surface area (Å²) in [6.07, 6.45) is 5.25. The standard InChI is InChI=1S/C15H11N3O/c19-15(13-3-1-2-6-16-13)10-11-4-5-12-14(9-11)18-8-7-17-12/h1-9H,10H2. The molecule has 0 saturated heterocycles. The van der Waals surface area contributed by atoms with Crippen molar-refractivity contribution in [3.05, 3.63) is 66.2 Å². The van der Waals surface area contributed by atoms with E-state index in [2.05, 4.69) is 15.0 Å². The first-order chi connectivity index (χ1) is 9.33. The molecule has 0 N–H and O–H groups in total. The van der Waals surface area contributed by atoms with E-state index in [-0.39, 0.29) is 5.78 Å². The number of benzene rings is 1. The lowest BCUT2D eigenvalue weighted by molar-refractivity contribution is 0.0988. The number of ketones is 1. The Morgan fingerprint density at radius 2 is 1.74 bits per heavy atom. The summed E-state index contributed by atoms with van der Waals surface area (Å²) in [5.74, 6) is 0.00356. The number of carbonyl (C=O) groups excluding carboxylic acids is 1. The number of hydrogen-bond acceptors (Lipinski definition) is 4. The second-order valence-electron chi connectivity index (χ2n) is 4.19. The zero-order valence-electron chi connectivity index (χ0n) is 10.2. The zero-order chi connectivity index (χ0) is 13.1. The molecule has 19 heavy (non-hydrogen) atoms. The van der Waals surface area contributed by atoms with Gasteiger partial charge in [-0.3, -0.25) is 19.7 Å². The zero-order valence-corrected chi connectivity index (χ0v) is 10.2. The summed E-state index contributed by atoms with van der Waals surface area (Å²) >= 11 is 0. The van der Waals surface area contributed by atoms with Crippen molar-refractivity contribution in [1.29, 1.82) is 0 Å². The van der Waals surface area contributed by atoms with Crippen molar-refractivity contribution in [1.82, 2.24) is 15.0 Å². The Labute approximate surface area is 110 Å². The van der Waals surface area contributed by atoms with Crippen molar-refractivity contribution in [2.45, 2.75) is 6.42 Å². The number of pyridine rings is 1.